The molecular formula is C10H20N4. The molecule has 0 saturated heterocycles. The number of nitrogens with zero attached hydrogens (tertiary/aromatic N) is 3. The largest absolute Gasteiger partial charge is 0.345 e. The minimum atomic E-state index is 0.732. The molecule has 0 atom stereocenters. The molecular weight excluding hydrogens is 176 g/mol. The molecule has 0 radical (unpaired) electrons. The van der Waals surface area contributed by atoms with Crippen molar-refractivity contribution in [1.29, 1.82) is 0 Å². The van der Waals surface area contributed by atoms with E-state index in [4.69, 9.17) is 5.73 Å². The lowest BCUT2D eigenvalue weighted by atomic mass is 10.4. The first-order valence-electron chi connectivity index (χ1n) is 5.14. The first kappa shape index (κ1) is 11.0. The SMILES string of the molecule is CCn1cc(C)nc1N(C)CCCN. The number of imidazole rings is 1. The van der Waals surface area contributed by atoms with Crippen LogP contribution in [0.4, 0.5) is 5.95 Å². The first-order chi connectivity index (χ1) is 6.69. The van der Waals surface area contributed by atoms with Crippen molar-refractivity contribution in [3.63, 3.8) is 0 Å². The topological polar surface area (TPSA) is 47.1 Å². The highest BCUT2D eigenvalue weighted by atomic mass is 15.3. The van der Waals surface area contributed by atoms with E-state index in [2.05, 4.69) is 34.6 Å². The second-order valence-electron chi connectivity index (χ2n) is 3.53. The highest BCUT2D eigenvalue weighted by molar-refractivity contribution is 5.31. The molecule has 1 aromatic rings. The second-order valence-corrected chi connectivity index (χ2v) is 3.53. The van der Waals surface area contributed by atoms with Crippen LogP contribution in [0, 0.1) is 6.92 Å². The summed E-state index contributed by atoms with van der Waals surface area (Å²) in [5.41, 5.74) is 6.55. The molecule has 1 aromatic heterocycles. The number of rotatable bonds is 5. The Morgan fingerprint density at radius 2 is 2.29 bits per heavy atom. The molecule has 1 heterocycles. The van der Waals surface area contributed by atoms with E-state index in [-0.39, 0.29) is 0 Å². The van der Waals surface area contributed by atoms with Gasteiger partial charge in [-0.1, -0.05) is 0 Å². The number of aromatic nitrogens is 2. The molecule has 0 saturated carbocycles. The summed E-state index contributed by atoms with van der Waals surface area (Å²) in [5, 5.41) is 0. The quantitative estimate of drug-likeness (QED) is 0.764. The predicted molar refractivity (Wildman–Crippen MR) is 59.6 cm³/mol. The molecule has 2 N–H and O–H groups in total. The van der Waals surface area contributed by atoms with Gasteiger partial charge in [-0.15, -0.1) is 0 Å². The van der Waals surface area contributed by atoms with E-state index in [0.717, 1.165) is 37.7 Å². The van der Waals surface area contributed by atoms with Crippen LogP contribution in [0.1, 0.15) is 19.0 Å². The Balaban J connectivity index is 2.72. The average Bonchev–Trinajstić information content (AvgIpc) is 2.56. The van der Waals surface area contributed by atoms with Crippen LogP contribution in [0.2, 0.25) is 0 Å². The molecule has 14 heavy (non-hydrogen) atoms. The molecule has 4 heteroatoms. The molecule has 0 aliphatic rings. The van der Waals surface area contributed by atoms with Gasteiger partial charge in [-0.3, -0.25) is 0 Å². The van der Waals surface area contributed by atoms with Gasteiger partial charge in [0.25, 0.3) is 0 Å². The summed E-state index contributed by atoms with van der Waals surface area (Å²) >= 11 is 0. The van der Waals surface area contributed by atoms with Crippen molar-refractivity contribution in [2.45, 2.75) is 26.8 Å². The molecule has 0 fully saturated rings. The second kappa shape index (κ2) is 5.00. The van der Waals surface area contributed by atoms with Gasteiger partial charge in [0, 0.05) is 26.3 Å². The van der Waals surface area contributed by atoms with Crippen molar-refractivity contribution in [3.8, 4) is 0 Å². The fraction of sp³-hybridized carbons (Fsp3) is 0.700. The van der Waals surface area contributed by atoms with E-state index < -0.39 is 0 Å². The van der Waals surface area contributed by atoms with Crippen LogP contribution in [-0.4, -0.2) is 29.7 Å². The number of anilines is 1. The van der Waals surface area contributed by atoms with E-state index in [9.17, 15) is 0 Å². The minimum Gasteiger partial charge on any atom is -0.345 e. The van der Waals surface area contributed by atoms with Crippen LogP contribution < -0.4 is 10.6 Å². The maximum Gasteiger partial charge on any atom is 0.205 e. The molecule has 0 aliphatic carbocycles. The van der Waals surface area contributed by atoms with Gasteiger partial charge >= 0.3 is 0 Å². The Labute approximate surface area is 85.7 Å². The molecule has 4 nitrogen and oxygen atoms in total. The fourth-order valence-electron chi connectivity index (χ4n) is 1.50. The van der Waals surface area contributed by atoms with E-state index in [0.29, 0.717) is 0 Å². The lowest BCUT2D eigenvalue weighted by molar-refractivity contribution is 0.707. The van der Waals surface area contributed by atoms with Gasteiger partial charge in [0.1, 0.15) is 0 Å². The Kier molecular flexibility index (Phi) is 3.95. The highest BCUT2D eigenvalue weighted by Gasteiger charge is 2.08. The van der Waals surface area contributed by atoms with Crippen molar-refractivity contribution in [3.05, 3.63) is 11.9 Å². The van der Waals surface area contributed by atoms with Crippen LogP contribution in [-0.2, 0) is 6.54 Å². The summed E-state index contributed by atoms with van der Waals surface area (Å²) in [6.07, 6.45) is 3.08. The molecule has 0 aromatic carbocycles. The minimum absolute atomic E-state index is 0.732. The molecule has 0 unspecified atom stereocenters. The zero-order valence-electron chi connectivity index (χ0n) is 9.32. The normalized spacial score (nSPS) is 10.6. The Bertz CT molecular complexity index is 280. The fourth-order valence-corrected chi connectivity index (χ4v) is 1.50. The highest BCUT2D eigenvalue weighted by Crippen LogP contribution is 2.12. The number of hydrogen-bond donors (Lipinski definition) is 1. The van der Waals surface area contributed by atoms with Gasteiger partial charge in [0.15, 0.2) is 0 Å². The van der Waals surface area contributed by atoms with E-state index in [1.54, 1.807) is 0 Å². The third kappa shape index (κ3) is 2.48. The lowest BCUT2D eigenvalue weighted by Gasteiger charge is -2.18. The third-order valence-corrected chi connectivity index (χ3v) is 2.26. The zero-order valence-corrected chi connectivity index (χ0v) is 9.32. The molecule has 0 aliphatic heterocycles. The molecule has 0 spiro atoms. The Hall–Kier alpha value is -1.03. The van der Waals surface area contributed by atoms with Gasteiger partial charge < -0.3 is 15.2 Å². The maximum absolute atomic E-state index is 5.48. The Morgan fingerprint density at radius 3 is 2.86 bits per heavy atom. The number of nitrogens with two attached hydrogens (primary N) is 1. The zero-order chi connectivity index (χ0) is 10.6. The summed E-state index contributed by atoms with van der Waals surface area (Å²) in [6.45, 7) is 6.81. The summed E-state index contributed by atoms with van der Waals surface area (Å²) in [7, 11) is 2.06. The monoisotopic (exact) mass is 196 g/mol. The van der Waals surface area contributed by atoms with Crippen molar-refractivity contribution in [1.82, 2.24) is 9.55 Å². The van der Waals surface area contributed by atoms with Gasteiger partial charge in [0.2, 0.25) is 5.95 Å². The number of hydrogen-bond acceptors (Lipinski definition) is 3. The van der Waals surface area contributed by atoms with E-state index in [1.165, 1.54) is 0 Å². The van der Waals surface area contributed by atoms with Crippen LogP contribution in [0.25, 0.3) is 0 Å². The van der Waals surface area contributed by atoms with Crippen molar-refractivity contribution in [2.24, 2.45) is 5.73 Å². The first-order valence-corrected chi connectivity index (χ1v) is 5.14. The predicted octanol–water partition coefficient (Wildman–Crippen LogP) is 0.996. The van der Waals surface area contributed by atoms with Crippen molar-refractivity contribution in [2.75, 3.05) is 25.0 Å². The Morgan fingerprint density at radius 1 is 1.57 bits per heavy atom. The maximum atomic E-state index is 5.48. The smallest absolute Gasteiger partial charge is 0.205 e. The summed E-state index contributed by atoms with van der Waals surface area (Å²) in [5.74, 6) is 1.04. The standard InChI is InChI=1S/C10H20N4/c1-4-14-8-9(2)12-10(14)13(3)7-5-6-11/h8H,4-7,11H2,1-3H3. The van der Waals surface area contributed by atoms with Crippen molar-refractivity contribution >= 4 is 5.95 Å². The van der Waals surface area contributed by atoms with Gasteiger partial charge in [0.05, 0.1) is 5.69 Å². The van der Waals surface area contributed by atoms with Crippen LogP contribution >= 0.6 is 0 Å². The van der Waals surface area contributed by atoms with Gasteiger partial charge in [-0.05, 0) is 26.8 Å². The average molecular weight is 196 g/mol. The van der Waals surface area contributed by atoms with Crippen LogP contribution in [0.15, 0.2) is 6.20 Å². The molecule has 0 bridgehead atoms. The van der Waals surface area contributed by atoms with Gasteiger partial charge in [-0.2, -0.15) is 0 Å². The van der Waals surface area contributed by atoms with E-state index in [1.807, 2.05) is 6.92 Å². The van der Waals surface area contributed by atoms with E-state index >= 15 is 0 Å². The molecule has 1 rings (SSSR count). The van der Waals surface area contributed by atoms with Gasteiger partial charge in [-0.25, -0.2) is 4.98 Å². The summed E-state index contributed by atoms with van der Waals surface area (Å²) in [4.78, 5) is 6.64. The lowest BCUT2D eigenvalue weighted by Crippen LogP contribution is -2.24. The van der Waals surface area contributed by atoms with Crippen LogP contribution in [0.3, 0.4) is 0 Å². The van der Waals surface area contributed by atoms with Crippen LogP contribution in [0.5, 0.6) is 0 Å². The van der Waals surface area contributed by atoms with Crippen molar-refractivity contribution < 1.29 is 0 Å². The summed E-state index contributed by atoms with van der Waals surface area (Å²) < 4.78 is 2.16. The number of aryl methyl sites for hydroxylation is 2. The summed E-state index contributed by atoms with van der Waals surface area (Å²) in [6, 6.07) is 0. The molecule has 80 valence electrons. The third-order valence-electron chi connectivity index (χ3n) is 2.26. The molecule has 0 amide bonds.